The predicted octanol–water partition coefficient (Wildman–Crippen LogP) is 1.74. The van der Waals surface area contributed by atoms with Gasteiger partial charge in [0.2, 0.25) is 0 Å². The van der Waals surface area contributed by atoms with Crippen LogP contribution in [0.4, 0.5) is 0 Å². The maximum absolute atomic E-state index is 12.4. The number of benzene rings is 1. The first-order valence-corrected chi connectivity index (χ1v) is 7.92. The number of amides is 2. The van der Waals surface area contributed by atoms with Crippen LogP contribution >= 0.6 is 23.2 Å². The van der Waals surface area contributed by atoms with Crippen molar-refractivity contribution in [2.24, 2.45) is 5.73 Å². The molecule has 0 spiro atoms. The summed E-state index contributed by atoms with van der Waals surface area (Å²) >= 11 is 12.2. The molecule has 2 amide bonds. The lowest BCUT2D eigenvalue weighted by molar-refractivity contribution is -0.132. The van der Waals surface area contributed by atoms with Crippen molar-refractivity contribution in [2.75, 3.05) is 6.61 Å². The maximum Gasteiger partial charge on any atom is 0.267 e. The van der Waals surface area contributed by atoms with Gasteiger partial charge in [0.05, 0.1) is 10.0 Å². The third-order valence-electron chi connectivity index (χ3n) is 3.12. The lowest BCUT2D eigenvalue weighted by Crippen LogP contribution is -2.61. The third kappa shape index (κ3) is 5.80. The van der Waals surface area contributed by atoms with Crippen LogP contribution < -0.4 is 21.3 Å². The van der Waals surface area contributed by atoms with Crippen molar-refractivity contribution in [3.8, 4) is 17.6 Å². The molecule has 1 atom stereocenters. The average Bonchev–Trinajstić information content (AvgIpc) is 2.52. The van der Waals surface area contributed by atoms with E-state index in [2.05, 4.69) is 17.2 Å². The fraction of sp³-hybridized carbons (Fsp3) is 0.375. The smallest absolute Gasteiger partial charge is 0.267 e. The van der Waals surface area contributed by atoms with E-state index in [0.29, 0.717) is 0 Å². The molecule has 5 N–H and O–H groups in total. The maximum atomic E-state index is 12.4. The van der Waals surface area contributed by atoms with Gasteiger partial charge in [0, 0.05) is 11.1 Å². The zero-order chi connectivity index (χ0) is 19.2. The molecule has 1 aromatic rings. The number of nitrogens with one attached hydrogen (secondary N) is 2. The molecule has 25 heavy (non-hydrogen) atoms. The van der Waals surface area contributed by atoms with E-state index in [9.17, 15) is 9.59 Å². The van der Waals surface area contributed by atoms with Crippen LogP contribution in [0.15, 0.2) is 12.1 Å². The predicted molar refractivity (Wildman–Crippen MR) is 94.9 cm³/mol. The fourth-order valence-electron chi connectivity index (χ4n) is 1.88. The van der Waals surface area contributed by atoms with Crippen LogP contribution in [0.3, 0.4) is 0 Å². The number of carbonyl (C=O) groups excluding carboxylic acids is 2. The van der Waals surface area contributed by atoms with E-state index in [1.54, 1.807) is 6.92 Å². The molecule has 1 aromatic carbocycles. The highest BCUT2D eigenvalue weighted by molar-refractivity contribution is 6.37. The molecule has 0 aromatic heterocycles. The van der Waals surface area contributed by atoms with Crippen LogP contribution in [0.25, 0.3) is 0 Å². The van der Waals surface area contributed by atoms with Crippen molar-refractivity contribution in [1.82, 2.24) is 10.8 Å². The average molecular weight is 388 g/mol. The Morgan fingerprint density at radius 2 is 1.92 bits per heavy atom. The Morgan fingerprint density at radius 3 is 2.36 bits per heavy atom. The van der Waals surface area contributed by atoms with Gasteiger partial charge in [0.15, 0.2) is 5.75 Å². The van der Waals surface area contributed by atoms with E-state index in [4.69, 9.17) is 38.9 Å². The van der Waals surface area contributed by atoms with E-state index in [1.807, 2.05) is 0 Å². The molecule has 0 fully saturated rings. The van der Waals surface area contributed by atoms with Gasteiger partial charge in [-0.3, -0.25) is 14.8 Å². The number of ether oxygens (including phenoxy) is 1. The molecule has 1 unspecified atom stereocenters. The lowest BCUT2D eigenvalue weighted by Gasteiger charge is -2.29. The summed E-state index contributed by atoms with van der Waals surface area (Å²) in [5.74, 6) is 4.07. The summed E-state index contributed by atoms with van der Waals surface area (Å²) < 4.78 is 5.35. The van der Waals surface area contributed by atoms with Crippen LogP contribution in [0.5, 0.6) is 5.75 Å². The molecule has 0 saturated carbocycles. The van der Waals surface area contributed by atoms with Crippen LogP contribution in [0.1, 0.15) is 31.1 Å². The molecule has 7 nitrogen and oxygen atoms in total. The van der Waals surface area contributed by atoms with Gasteiger partial charge in [0.25, 0.3) is 11.8 Å². The van der Waals surface area contributed by atoms with Crippen LogP contribution in [0.2, 0.25) is 10.0 Å². The van der Waals surface area contributed by atoms with Crippen LogP contribution in [0, 0.1) is 11.8 Å². The first kappa shape index (κ1) is 21.1. The second kappa shape index (κ2) is 8.92. The van der Waals surface area contributed by atoms with Gasteiger partial charge >= 0.3 is 0 Å². The van der Waals surface area contributed by atoms with E-state index in [0.717, 1.165) is 0 Å². The van der Waals surface area contributed by atoms with E-state index < -0.39 is 23.4 Å². The molecule has 0 radical (unpaired) electrons. The topological polar surface area (TPSA) is 114 Å². The summed E-state index contributed by atoms with van der Waals surface area (Å²) in [7, 11) is 0. The summed E-state index contributed by atoms with van der Waals surface area (Å²) in [6.45, 7) is 4.82. The standard InChI is InChI=1S/C16H19Cl2N3O4/c1-4-5-6-25-12-10(17)7-9(8-11(12)18)14(22)20-13(15(23)21-24)16(2,3)19/h7-8,13,24H,6,19H2,1-3H3,(H,20,22)(H,21,23). The molecular formula is C16H19Cl2N3O4. The molecule has 0 saturated heterocycles. The summed E-state index contributed by atoms with van der Waals surface area (Å²) in [6, 6.07) is 1.50. The normalized spacial score (nSPS) is 11.8. The minimum atomic E-state index is -1.18. The zero-order valence-electron chi connectivity index (χ0n) is 13.9. The largest absolute Gasteiger partial charge is 0.478 e. The number of carbonyl (C=O) groups is 2. The van der Waals surface area contributed by atoms with Gasteiger partial charge < -0.3 is 15.8 Å². The summed E-state index contributed by atoms with van der Waals surface area (Å²) in [4.78, 5) is 24.1. The van der Waals surface area contributed by atoms with Gasteiger partial charge in [-0.05, 0) is 32.9 Å². The number of hydroxylamine groups is 1. The van der Waals surface area contributed by atoms with Gasteiger partial charge in [-0.25, -0.2) is 5.48 Å². The second-order valence-electron chi connectivity index (χ2n) is 5.69. The van der Waals surface area contributed by atoms with E-state index in [1.165, 1.54) is 31.5 Å². The molecule has 1 rings (SSSR count). The van der Waals surface area contributed by atoms with Crippen molar-refractivity contribution in [1.29, 1.82) is 0 Å². The molecule has 0 bridgehead atoms. The van der Waals surface area contributed by atoms with Crippen LogP contribution in [-0.2, 0) is 4.79 Å². The third-order valence-corrected chi connectivity index (χ3v) is 3.68. The summed E-state index contributed by atoms with van der Waals surface area (Å²) in [5, 5.41) is 11.5. The van der Waals surface area contributed by atoms with Gasteiger partial charge in [-0.15, -0.1) is 5.92 Å². The fourth-order valence-corrected chi connectivity index (χ4v) is 2.47. The highest BCUT2D eigenvalue weighted by Gasteiger charge is 2.33. The molecule has 0 aliphatic heterocycles. The Kier molecular flexibility index (Phi) is 7.52. The second-order valence-corrected chi connectivity index (χ2v) is 6.50. The summed E-state index contributed by atoms with van der Waals surface area (Å²) in [6.07, 6.45) is 0. The van der Waals surface area contributed by atoms with Crippen molar-refractivity contribution in [3.63, 3.8) is 0 Å². The number of rotatable bonds is 6. The SMILES string of the molecule is CC#CCOc1c(Cl)cc(C(=O)NC(C(=O)NO)C(C)(C)N)cc1Cl. The van der Waals surface area contributed by atoms with Crippen LogP contribution in [-0.4, -0.2) is 35.2 Å². The molecular weight excluding hydrogens is 369 g/mol. The molecule has 136 valence electrons. The zero-order valence-corrected chi connectivity index (χ0v) is 15.5. The Balaban J connectivity index is 3.05. The van der Waals surface area contributed by atoms with Crippen molar-refractivity contribution < 1.29 is 19.5 Å². The Hall–Kier alpha value is -1.98. The summed E-state index contributed by atoms with van der Waals surface area (Å²) in [5.41, 5.74) is 6.31. The minimum Gasteiger partial charge on any atom is -0.478 e. The molecule has 9 heteroatoms. The van der Waals surface area contributed by atoms with Gasteiger partial charge in [-0.2, -0.15) is 0 Å². The number of halogens is 2. The highest BCUT2D eigenvalue weighted by atomic mass is 35.5. The van der Waals surface area contributed by atoms with Crippen molar-refractivity contribution in [2.45, 2.75) is 32.4 Å². The number of hydrogen-bond acceptors (Lipinski definition) is 5. The van der Waals surface area contributed by atoms with Gasteiger partial charge in [0.1, 0.15) is 12.6 Å². The lowest BCUT2D eigenvalue weighted by atomic mass is 9.95. The Labute approximate surface area is 155 Å². The quantitative estimate of drug-likeness (QED) is 0.337. The van der Waals surface area contributed by atoms with Gasteiger partial charge in [-0.1, -0.05) is 29.1 Å². The van der Waals surface area contributed by atoms with E-state index >= 15 is 0 Å². The highest BCUT2D eigenvalue weighted by Crippen LogP contribution is 2.34. The molecule has 0 aliphatic carbocycles. The molecule has 0 heterocycles. The number of hydrogen-bond donors (Lipinski definition) is 4. The minimum absolute atomic E-state index is 0.0988. The van der Waals surface area contributed by atoms with E-state index in [-0.39, 0.29) is 28.0 Å². The first-order valence-electron chi connectivity index (χ1n) is 7.17. The Bertz CT molecular complexity index is 697. The first-order chi connectivity index (χ1) is 11.6. The Morgan fingerprint density at radius 1 is 1.36 bits per heavy atom. The van der Waals surface area contributed by atoms with Crippen molar-refractivity contribution in [3.05, 3.63) is 27.7 Å². The monoisotopic (exact) mass is 387 g/mol. The molecule has 0 aliphatic rings. The van der Waals surface area contributed by atoms with Crippen molar-refractivity contribution >= 4 is 35.0 Å². The number of nitrogens with two attached hydrogens (primary N) is 1.